The Hall–Kier alpha value is -2.80. The maximum absolute atomic E-state index is 12.6. The molecule has 0 N–H and O–H groups in total. The maximum atomic E-state index is 12.6. The fourth-order valence-corrected chi connectivity index (χ4v) is 4.28. The number of likely N-dealkylation sites (tertiary alicyclic amines) is 1. The topological polar surface area (TPSA) is 53.3 Å². The molecule has 0 aromatic heterocycles. The zero-order chi connectivity index (χ0) is 18.1. The molecule has 2 aromatic rings. The fourth-order valence-electron chi connectivity index (χ4n) is 4.28. The van der Waals surface area contributed by atoms with Gasteiger partial charge in [0.05, 0.1) is 12.0 Å². The van der Waals surface area contributed by atoms with E-state index in [2.05, 4.69) is 37.3 Å². The van der Waals surface area contributed by atoms with E-state index in [1.807, 2.05) is 24.3 Å². The van der Waals surface area contributed by atoms with Crippen molar-refractivity contribution in [2.45, 2.75) is 19.3 Å². The van der Waals surface area contributed by atoms with E-state index < -0.39 is 0 Å². The van der Waals surface area contributed by atoms with Crippen LogP contribution in [-0.4, -0.2) is 30.7 Å². The average molecular weight is 346 g/mol. The molecule has 1 saturated heterocycles. The molecule has 1 heterocycles. The third-order valence-corrected chi connectivity index (χ3v) is 5.44. The first-order valence-electron chi connectivity index (χ1n) is 9.17. The Morgan fingerprint density at radius 1 is 1.12 bits per heavy atom. The van der Waals surface area contributed by atoms with E-state index in [0.29, 0.717) is 25.6 Å². The van der Waals surface area contributed by atoms with Crippen LogP contribution in [0.3, 0.4) is 0 Å². The van der Waals surface area contributed by atoms with Gasteiger partial charge in [-0.3, -0.25) is 0 Å². The number of nitriles is 1. The molecule has 4 heteroatoms. The minimum absolute atomic E-state index is 0.0697. The lowest BCUT2D eigenvalue weighted by Gasteiger charge is -2.33. The van der Waals surface area contributed by atoms with Crippen LogP contribution >= 0.6 is 0 Å². The molecular formula is C22H22N2O2. The van der Waals surface area contributed by atoms with Gasteiger partial charge in [0, 0.05) is 19.0 Å². The Morgan fingerprint density at radius 2 is 1.73 bits per heavy atom. The van der Waals surface area contributed by atoms with Gasteiger partial charge in [-0.05, 0) is 34.6 Å². The van der Waals surface area contributed by atoms with Gasteiger partial charge in [-0.2, -0.15) is 5.26 Å². The third kappa shape index (κ3) is 2.94. The quantitative estimate of drug-likeness (QED) is 0.809. The number of carbonyl (C=O) groups is 1. The number of hydrogen-bond acceptors (Lipinski definition) is 3. The van der Waals surface area contributed by atoms with Gasteiger partial charge in [0.25, 0.3) is 0 Å². The lowest BCUT2D eigenvalue weighted by atomic mass is 9.92. The van der Waals surface area contributed by atoms with Crippen molar-refractivity contribution in [2.75, 3.05) is 19.7 Å². The molecule has 2 unspecified atom stereocenters. The molecule has 0 spiro atoms. The number of fused-ring (bicyclic) bond motifs is 3. The first kappa shape index (κ1) is 16.7. The van der Waals surface area contributed by atoms with Crippen molar-refractivity contribution in [1.82, 2.24) is 4.90 Å². The number of hydrogen-bond donors (Lipinski definition) is 0. The molecule has 0 bridgehead atoms. The van der Waals surface area contributed by atoms with Gasteiger partial charge < -0.3 is 9.64 Å². The highest BCUT2D eigenvalue weighted by atomic mass is 16.6. The summed E-state index contributed by atoms with van der Waals surface area (Å²) < 4.78 is 5.70. The second kappa shape index (κ2) is 6.84. The van der Waals surface area contributed by atoms with E-state index in [1.165, 1.54) is 22.3 Å². The molecule has 0 radical (unpaired) electrons. The molecule has 132 valence electrons. The average Bonchev–Trinajstić information content (AvgIpc) is 2.99. The van der Waals surface area contributed by atoms with Crippen LogP contribution in [0, 0.1) is 23.2 Å². The van der Waals surface area contributed by atoms with Crippen LogP contribution in [0.2, 0.25) is 0 Å². The first-order chi connectivity index (χ1) is 12.7. The molecule has 2 atom stereocenters. The van der Waals surface area contributed by atoms with Crippen molar-refractivity contribution in [3.8, 4) is 17.2 Å². The highest BCUT2D eigenvalue weighted by Crippen LogP contribution is 2.44. The molecule has 1 amide bonds. The SMILES string of the molecule is CC1CC(C#N)CN(C(=O)OCC2c3ccccc3-c3ccccc32)C1. The standard InChI is InChI=1S/C22H22N2O2/c1-15-10-16(11-23)13-24(12-15)22(25)26-14-21-19-8-4-2-6-17(19)18-7-3-5-9-20(18)21/h2-9,15-16,21H,10,12-14H2,1H3. The molecule has 1 aliphatic carbocycles. The van der Waals surface area contributed by atoms with Crippen LogP contribution in [0.25, 0.3) is 11.1 Å². The molecule has 4 nitrogen and oxygen atoms in total. The van der Waals surface area contributed by atoms with Crippen LogP contribution in [0.15, 0.2) is 48.5 Å². The number of carbonyl (C=O) groups excluding carboxylic acids is 1. The normalized spacial score (nSPS) is 21.6. The van der Waals surface area contributed by atoms with Gasteiger partial charge in [-0.1, -0.05) is 55.5 Å². The second-order valence-electron chi connectivity index (χ2n) is 7.38. The molecule has 0 saturated carbocycles. The van der Waals surface area contributed by atoms with Crippen molar-refractivity contribution >= 4 is 6.09 Å². The van der Waals surface area contributed by atoms with Gasteiger partial charge in [0.2, 0.25) is 0 Å². The largest absolute Gasteiger partial charge is 0.448 e. The van der Waals surface area contributed by atoms with Crippen molar-refractivity contribution in [3.63, 3.8) is 0 Å². The minimum Gasteiger partial charge on any atom is -0.448 e. The predicted molar refractivity (Wildman–Crippen MR) is 99.5 cm³/mol. The molecule has 1 aliphatic heterocycles. The molecular weight excluding hydrogens is 324 g/mol. The highest BCUT2D eigenvalue weighted by molar-refractivity contribution is 5.79. The maximum Gasteiger partial charge on any atom is 0.409 e. The molecule has 2 aliphatic rings. The Kier molecular flexibility index (Phi) is 4.38. The summed E-state index contributed by atoms with van der Waals surface area (Å²) in [5.41, 5.74) is 4.87. The Bertz CT molecular complexity index is 825. The number of benzene rings is 2. The number of ether oxygens (including phenoxy) is 1. The smallest absolute Gasteiger partial charge is 0.409 e. The molecule has 2 aromatic carbocycles. The van der Waals surface area contributed by atoms with Crippen LogP contribution < -0.4 is 0 Å². The zero-order valence-electron chi connectivity index (χ0n) is 14.9. The van der Waals surface area contributed by atoms with Gasteiger partial charge in [0.1, 0.15) is 6.61 Å². The van der Waals surface area contributed by atoms with Crippen molar-refractivity contribution in [3.05, 3.63) is 59.7 Å². The zero-order valence-corrected chi connectivity index (χ0v) is 14.9. The Morgan fingerprint density at radius 3 is 2.35 bits per heavy atom. The van der Waals surface area contributed by atoms with Crippen molar-refractivity contribution in [1.29, 1.82) is 5.26 Å². The van der Waals surface area contributed by atoms with Crippen LogP contribution in [-0.2, 0) is 4.74 Å². The molecule has 4 rings (SSSR count). The second-order valence-corrected chi connectivity index (χ2v) is 7.38. The minimum atomic E-state index is -0.307. The highest BCUT2D eigenvalue weighted by Gasteiger charge is 2.32. The van der Waals surface area contributed by atoms with E-state index in [4.69, 9.17) is 4.74 Å². The van der Waals surface area contributed by atoms with Crippen molar-refractivity contribution < 1.29 is 9.53 Å². The predicted octanol–water partition coefficient (Wildman–Crippen LogP) is 4.42. The van der Waals surface area contributed by atoms with Crippen LogP contribution in [0.4, 0.5) is 4.79 Å². The summed E-state index contributed by atoms with van der Waals surface area (Å²) in [5, 5.41) is 9.20. The fraction of sp³-hybridized carbons (Fsp3) is 0.364. The van der Waals surface area contributed by atoms with E-state index in [-0.39, 0.29) is 17.9 Å². The third-order valence-electron chi connectivity index (χ3n) is 5.44. The molecule has 1 fully saturated rings. The summed E-state index contributed by atoms with van der Waals surface area (Å²) in [7, 11) is 0. The number of nitrogens with zero attached hydrogens (tertiary/aromatic N) is 2. The Balaban J connectivity index is 1.50. The van der Waals surface area contributed by atoms with Crippen LogP contribution in [0.5, 0.6) is 0 Å². The van der Waals surface area contributed by atoms with E-state index in [1.54, 1.807) is 4.90 Å². The lowest BCUT2D eigenvalue weighted by Crippen LogP contribution is -2.43. The van der Waals surface area contributed by atoms with E-state index >= 15 is 0 Å². The summed E-state index contributed by atoms with van der Waals surface area (Å²) in [5.74, 6) is 0.299. The van der Waals surface area contributed by atoms with Crippen LogP contribution in [0.1, 0.15) is 30.4 Å². The lowest BCUT2D eigenvalue weighted by molar-refractivity contribution is 0.0770. The number of piperidine rings is 1. The summed E-state index contributed by atoms with van der Waals surface area (Å²) in [4.78, 5) is 14.3. The number of rotatable bonds is 2. The van der Waals surface area contributed by atoms with Gasteiger partial charge in [-0.15, -0.1) is 0 Å². The van der Waals surface area contributed by atoms with Gasteiger partial charge >= 0.3 is 6.09 Å². The summed E-state index contributed by atoms with van der Waals surface area (Å²) >= 11 is 0. The first-order valence-corrected chi connectivity index (χ1v) is 9.17. The van der Waals surface area contributed by atoms with Gasteiger partial charge in [-0.25, -0.2) is 4.79 Å². The summed E-state index contributed by atoms with van der Waals surface area (Å²) in [6.45, 7) is 3.54. The number of amides is 1. The monoisotopic (exact) mass is 346 g/mol. The van der Waals surface area contributed by atoms with Gasteiger partial charge in [0.15, 0.2) is 0 Å². The Labute approximate surface area is 154 Å². The van der Waals surface area contributed by atoms with Crippen molar-refractivity contribution in [2.24, 2.45) is 11.8 Å². The van der Waals surface area contributed by atoms with E-state index in [0.717, 1.165) is 6.42 Å². The summed E-state index contributed by atoms with van der Waals surface area (Å²) in [6, 6.07) is 18.9. The summed E-state index contributed by atoms with van der Waals surface area (Å²) in [6.07, 6.45) is 0.544. The van der Waals surface area contributed by atoms with E-state index in [9.17, 15) is 10.1 Å². The molecule has 26 heavy (non-hydrogen) atoms.